The SMILES string of the molecule is Cc1nn(C)c(Cl)c1/C=C1\C(=O)Nc2ccccc21. The van der Waals surface area contributed by atoms with Crippen LogP contribution in [0.5, 0.6) is 0 Å². The number of halogens is 1. The van der Waals surface area contributed by atoms with Crippen LogP contribution >= 0.6 is 11.6 Å². The van der Waals surface area contributed by atoms with Crippen LogP contribution in [0.4, 0.5) is 5.69 Å². The highest BCUT2D eigenvalue weighted by molar-refractivity contribution is 6.36. The zero-order valence-corrected chi connectivity index (χ0v) is 11.3. The summed E-state index contributed by atoms with van der Waals surface area (Å²) in [7, 11) is 1.78. The smallest absolute Gasteiger partial charge is 0.256 e. The molecule has 0 fully saturated rings. The number of aryl methyl sites for hydroxylation is 2. The predicted octanol–water partition coefficient (Wildman–Crippen LogP) is 2.87. The van der Waals surface area contributed by atoms with Crippen LogP contribution in [0.1, 0.15) is 16.8 Å². The lowest BCUT2D eigenvalue weighted by Gasteiger charge is -1.98. The quantitative estimate of drug-likeness (QED) is 0.812. The maximum atomic E-state index is 12.0. The lowest BCUT2D eigenvalue weighted by atomic mass is 10.0. The summed E-state index contributed by atoms with van der Waals surface area (Å²) in [5, 5.41) is 7.61. The highest BCUT2D eigenvalue weighted by atomic mass is 35.5. The van der Waals surface area contributed by atoms with Gasteiger partial charge in [0.2, 0.25) is 0 Å². The normalized spacial score (nSPS) is 15.7. The Morgan fingerprint density at radius 1 is 1.37 bits per heavy atom. The first-order chi connectivity index (χ1) is 9.08. The number of nitrogens with one attached hydrogen (secondary N) is 1. The summed E-state index contributed by atoms with van der Waals surface area (Å²) in [4.78, 5) is 12.0. The number of carbonyl (C=O) groups is 1. The molecule has 2 heterocycles. The van der Waals surface area contributed by atoms with Crippen LogP contribution in [0, 0.1) is 6.92 Å². The molecule has 2 aromatic rings. The molecule has 19 heavy (non-hydrogen) atoms. The van der Waals surface area contributed by atoms with Crippen molar-refractivity contribution >= 4 is 34.8 Å². The fourth-order valence-corrected chi connectivity index (χ4v) is 2.47. The first-order valence-corrected chi connectivity index (χ1v) is 6.27. The molecule has 0 bridgehead atoms. The molecule has 0 aliphatic carbocycles. The highest BCUT2D eigenvalue weighted by Crippen LogP contribution is 2.34. The average molecular weight is 274 g/mol. The van der Waals surface area contributed by atoms with E-state index in [1.165, 1.54) is 0 Å². The molecule has 0 radical (unpaired) electrons. The molecule has 1 aliphatic heterocycles. The third-order valence-corrected chi connectivity index (χ3v) is 3.64. The molecule has 4 nitrogen and oxygen atoms in total. The van der Waals surface area contributed by atoms with E-state index < -0.39 is 0 Å². The van der Waals surface area contributed by atoms with Gasteiger partial charge in [0.05, 0.1) is 5.69 Å². The van der Waals surface area contributed by atoms with E-state index in [2.05, 4.69) is 10.4 Å². The molecule has 1 aliphatic rings. The maximum Gasteiger partial charge on any atom is 0.256 e. The lowest BCUT2D eigenvalue weighted by molar-refractivity contribution is -0.110. The molecule has 1 N–H and O–H groups in total. The van der Waals surface area contributed by atoms with Crippen LogP contribution in [0.3, 0.4) is 0 Å². The predicted molar refractivity (Wildman–Crippen MR) is 75.9 cm³/mol. The van der Waals surface area contributed by atoms with E-state index in [4.69, 9.17) is 11.6 Å². The lowest BCUT2D eigenvalue weighted by Crippen LogP contribution is -2.03. The number of nitrogens with zero attached hydrogens (tertiary/aromatic N) is 2. The molecule has 1 aromatic carbocycles. The van der Waals surface area contributed by atoms with Crippen molar-refractivity contribution in [3.05, 3.63) is 46.2 Å². The van der Waals surface area contributed by atoms with E-state index in [0.717, 1.165) is 22.5 Å². The van der Waals surface area contributed by atoms with Crippen LogP contribution in [-0.2, 0) is 11.8 Å². The third kappa shape index (κ3) is 1.85. The number of hydrogen-bond donors (Lipinski definition) is 1. The minimum atomic E-state index is -0.111. The van der Waals surface area contributed by atoms with Crippen molar-refractivity contribution in [3.63, 3.8) is 0 Å². The Balaban J connectivity index is 2.17. The van der Waals surface area contributed by atoms with Crippen molar-refractivity contribution in [2.45, 2.75) is 6.92 Å². The number of hydrogen-bond acceptors (Lipinski definition) is 2. The second-order valence-corrected chi connectivity index (χ2v) is 4.83. The van der Waals surface area contributed by atoms with E-state index in [1.54, 1.807) is 17.8 Å². The number of para-hydroxylation sites is 1. The summed E-state index contributed by atoms with van der Waals surface area (Å²) < 4.78 is 1.60. The van der Waals surface area contributed by atoms with Crippen LogP contribution in [-0.4, -0.2) is 15.7 Å². The summed E-state index contributed by atoms with van der Waals surface area (Å²) in [6, 6.07) is 7.60. The van der Waals surface area contributed by atoms with Crippen molar-refractivity contribution < 1.29 is 4.79 Å². The fourth-order valence-electron chi connectivity index (χ4n) is 2.24. The van der Waals surface area contributed by atoms with Gasteiger partial charge in [-0.15, -0.1) is 0 Å². The molecule has 1 aromatic heterocycles. The molecule has 0 saturated carbocycles. The van der Waals surface area contributed by atoms with E-state index in [-0.39, 0.29) is 5.91 Å². The maximum absolute atomic E-state index is 12.0. The van der Waals surface area contributed by atoms with Gasteiger partial charge >= 0.3 is 0 Å². The van der Waals surface area contributed by atoms with E-state index in [9.17, 15) is 4.79 Å². The van der Waals surface area contributed by atoms with Gasteiger partial charge in [0.1, 0.15) is 5.15 Å². The topological polar surface area (TPSA) is 46.9 Å². The first kappa shape index (κ1) is 12.0. The van der Waals surface area contributed by atoms with Gasteiger partial charge in [-0.25, -0.2) is 0 Å². The van der Waals surface area contributed by atoms with Gasteiger partial charge in [-0.3, -0.25) is 9.48 Å². The molecule has 0 unspecified atom stereocenters. The number of anilines is 1. The minimum absolute atomic E-state index is 0.111. The number of fused-ring (bicyclic) bond motifs is 1. The number of aromatic nitrogens is 2. The number of benzene rings is 1. The Morgan fingerprint density at radius 2 is 2.11 bits per heavy atom. The Morgan fingerprint density at radius 3 is 2.79 bits per heavy atom. The van der Waals surface area contributed by atoms with E-state index >= 15 is 0 Å². The third-order valence-electron chi connectivity index (χ3n) is 3.19. The van der Waals surface area contributed by atoms with Gasteiger partial charge in [0.15, 0.2) is 0 Å². The molecule has 1 amide bonds. The molecule has 5 heteroatoms. The average Bonchev–Trinajstić information content (AvgIpc) is 2.82. The van der Waals surface area contributed by atoms with Crippen LogP contribution in [0.2, 0.25) is 5.15 Å². The first-order valence-electron chi connectivity index (χ1n) is 5.89. The van der Waals surface area contributed by atoms with Crippen molar-refractivity contribution in [2.75, 3.05) is 5.32 Å². The van der Waals surface area contributed by atoms with Gasteiger partial charge in [-0.2, -0.15) is 5.10 Å². The number of carbonyl (C=O) groups excluding carboxylic acids is 1. The molecule has 0 spiro atoms. The zero-order chi connectivity index (χ0) is 13.6. The molecule has 3 rings (SSSR count). The summed E-state index contributed by atoms with van der Waals surface area (Å²) >= 11 is 6.19. The summed E-state index contributed by atoms with van der Waals surface area (Å²) in [6.07, 6.45) is 1.80. The molecule has 96 valence electrons. The number of rotatable bonds is 1. The van der Waals surface area contributed by atoms with E-state index in [0.29, 0.717) is 10.7 Å². The van der Waals surface area contributed by atoms with Gasteiger partial charge in [0, 0.05) is 29.4 Å². The van der Waals surface area contributed by atoms with Crippen LogP contribution in [0.15, 0.2) is 24.3 Å². The summed E-state index contributed by atoms with van der Waals surface area (Å²) in [5.41, 5.74) is 3.93. The van der Waals surface area contributed by atoms with Crippen LogP contribution in [0.25, 0.3) is 11.6 Å². The van der Waals surface area contributed by atoms with Gasteiger partial charge in [-0.05, 0) is 19.1 Å². The van der Waals surface area contributed by atoms with Crippen molar-refractivity contribution in [1.29, 1.82) is 0 Å². The van der Waals surface area contributed by atoms with Crippen molar-refractivity contribution in [2.24, 2.45) is 7.05 Å². The Bertz CT molecular complexity index is 715. The largest absolute Gasteiger partial charge is 0.321 e. The Kier molecular flexibility index (Phi) is 2.68. The van der Waals surface area contributed by atoms with Gasteiger partial charge in [-0.1, -0.05) is 29.8 Å². The Labute approximate surface area is 115 Å². The second kappa shape index (κ2) is 4.24. The highest BCUT2D eigenvalue weighted by Gasteiger charge is 2.24. The second-order valence-electron chi connectivity index (χ2n) is 4.47. The molecule has 0 saturated heterocycles. The summed E-state index contributed by atoms with van der Waals surface area (Å²) in [5.74, 6) is -0.111. The number of amides is 1. The summed E-state index contributed by atoms with van der Waals surface area (Å²) in [6.45, 7) is 1.87. The molecule has 0 atom stereocenters. The van der Waals surface area contributed by atoms with Crippen LogP contribution < -0.4 is 5.32 Å². The van der Waals surface area contributed by atoms with Gasteiger partial charge < -0.3 is 5.32 Å². The molecular weight excluding hydrogens is 262 g/mol. The van der Waals surface area contributed by atoms with Crippen molar-refractivity contribution in [3.8, 4) is 0 Å². The zero-order valence-electron chi connectivity index (χ0n) is 10.6. The standard InChI is InChI=1S/C14H12ClN3O/c1-8-10(13(15)18(2)17-8)7-11-9-5-3-4-6-12(9)16-14(11)19/h3-7H,1-2H3,(H,16,19)/b11-7-. The molecular formula is C14H12ClN3O. The monoisotopic (exact) mass is 273 g/mol. The van der Waals surface area contributed by atoms with Crippen molar-refractivity contribution in [1.82, 2.24) is 9.78 Å². The Hall–Kier alpha value is -2.07. The minimum Gasteiger partial charge on any atom is -0.321 e. The fraction of sp³-hybridized carbons (Fsp3) is 0.143. The van der Waals surface area contributed by atoms with Gasteiger partial charge in [0.25, 0.3) is 5.91 Å². The van der Waals surface area contributed by atoms with E-state index in [1.807, 2.05) is 31.2 Å².